The molecule has 0 bridgehead atoms. The average Bonchev–Trinajstić information content (AvgIpc) is 2.64. The van der Waals surface area contributed by atoms with E-state index in [1.807, 2.05) is 25.1 Å². The normalized spacial score (nSPS) is 11.8. The van der Waals surface area contributed by atoms with Gasteiger partial charge in [0.1, 0.15) is 0 Å². The lowest BCUT2D eigenvalue weighted by atomic mass is 10.1. The molecule has 5 nitrogen and oxygen atoms in total. The monoisotopic (exact) mass is 349 g/mol. The van der Waals surface area contributed by atoms with Crippen molar-refractivity contribution >= 4 is 35.7 Å². The number of halogens is 2. The maximum atomic E-state index is 11.3. The van der Waals surface area contributed by atoms with Crippen LogP contribution in [0.1, 0.15) is 5.56 Å². The highest BCUT2D eigenvalue weighted by Crippen LogP contribution is 2.25. The average molecular weight is 351 g/mol. The maximum absolute atomic E-state index is 11.3. The van der Waals surface area contributed by atoms with Crippen LogP contribution < -0.4 is 0 Å². The van der Waals surface area contributed by atoms with E-state index in [9.17, 15) is 8.42 Å². The van der Waals surface area contributed by atoms with Gasteiger partial charge >= 0.3 is 0 Å². The van der Waals surface area contributed by atoms with Gasteiger partial charge in [0.05, 0.1) is 0 Å². The Kier molecular flexibility index (Phi) is 3.48. The third kappa shape index (κ3) is 2.43. The van der Waals surface area contributed by atoms with Gasteiger partial charge < -0.3 is 0 Å². The van der Waals surface area contributed by atoms with Crippen LogP contribution in [0.3, 0.4) is 0 Å². The first-order valence-electron chi connectivity index (χ1n) is 4.91. The van der Waals surface area contributed by atoms with E-state index in [0.29, 0.717) is 5.82 Å². The molecule has 1 aromatic heterocycles. The van der Waals surface area contributed by atoms with Gasteiger partial charge in [-0.05, 0) is 24.6 Å². The van der Waals surface area contributed by atoms with Crippen LogP contribution in [0.5, 0.6) is 0 Å². The molecule has 0 atom stereocenters. The number of benzene rings is 1. The second-order valence-electron chi connectivity index (χ2n) is 3.77. The van der Waals surface area contributed by atoms with Crippen molar-refractivity contribution in [3.63, 3.8) is 0 Å². The van der Waals surface area contributed by atoms with Crippen molar-refractivity contribution in [2.75, 3.05) is 0 Å². The molecule has 0 unspecified atom stereocenters. The van der Waals surface area contributed by atoms with Crippen LogP contribution in [0.2, 0.25) is 0 Å². The van der Waals surface area contributed by atoms with Crippen molar-refractivity contribution in [3.05, 3.63) is 28.2 Å². The molecular formula is C10H9BrClN3O2S. The van der Waals surface area contributed by atoms with E-state index in [0.717, 1.165) is 15.6 Å². The van der Waals surface area contributed by atoms with Crippen molar-refractivity contribution in [2.24, 2.45) is 7.05 Å². The molecule has 0 N–H and O–H groups in total. The summed E-state index contributed by atoms with van der Waals surface area (Å²) in [5.41, 5.74) is 1.79. The van der Waals surface area contributed by atoms with Gasteiger partial charge in [-0.3, -0.25) is 4.57 Å². The van der Waals surface area contributed by atoms with Gasteiger partial charge in [-0.2, -0.15) is 0 Å². The molecule has 0 fully saturated rings. The summed E-state index contributed by atoms with van der Waals surface area (Å²) in [6, 6.07) is 5.58. The van der Waals surface area contributed by atoms with Gasteiger partial charge in [0.15, 0.2) is 5.82 Å². The molecule has 1 aromatic carbocycles. The minimum absolute atomic E-state index is 0.264. The highest BCUT2D eigenvalue weighted by Gasteiger charge is 2.21. The number of aryl methyl sites for hydroxylation is 1. The summed E-state index contributed by atoms with van der Waals surface area (Å²) < 4.78 is 24.8. The Hall–Kier alpha value is -0.920. The zero-order chi connectivity index (χ0) is 13.5. The van der Waals surface area contributed by atoms with Crippen LogP contribution in [0, 0.1) is 6.92 Å². The third-order valence-electron chi connectivity index (χ3n) is 2.47. The summed E-state index contributed by atoms with van der Waals surface area (Å²) in [6.45, 7) is 1.93. The third-order valence-corrected chi connectivity index (χ3v) is 4.56. The summed E-state index contributed by atoms with van der Waals surface area (Å²) in [5.74, 6) is 0.449. The molecule has 2 rings (SSSR count). The molecule has 8 heteroatoms. The fourth-order valence-corrected chi connectivity index (χ4v) is 2.76. The molecule has 0 saturated heterocycles. The van der Waals surface area contributed by atoms with Crippen LogP contribution >= 0.6 is 26.6 Å². The van der Waals surface area contributed by atoms with Gasteiger partial charge in [-0.25, -0.2) is 8.42 Å². The van der Waals surface area contributed by atoms with Gasteiger partial charge in [-0.1, -0.05) is 22.0 Å². The smallest absolute Gasteiger partial charge is 0.296 e. The number of aromatic nitrogens is 3. The second kappa shape index (κ2) is 4.64. The minimum atomic E-state index is -3.89. The lowest BCUT2D eigenvalue weighted by Crippen LogP contribution is -2.02. The predicted molar refractivity (Wildman–Crippen MR) is 71.9 cm³/mol. The Morgan fingerprint density at radius 3 is 2.50 bits per heavy atom. The first-order valence-corrected chi connectivity index (χ1v) is 8.01. The van der Waals surface area contributed by atoms with E-state index in [1.54, 1.807) is 7.05 Å². The molecule has 0 saturated carbocycles. The van der Waals surface area contributed by atoms with Gasteiger partial charge in [0, 0.05) is 27.8 Å². The number of nitrogens with zero attached hydrogens (tertiary/aromatic N) is 3. The van der Waals surface area contributed by atoms with E-state index in [4.69, 9.17) is 10.7 Å². The Balaban J connectivity index is 2.59. The quantitative estimate of drug-likeness (QED) is 0.781. The summed E-state index contributed by atoms with van der Waals surface area (Å²) in [6.07, 6.45) is 0. The van der Waals surface area contributed by atoms with Crippen LogP contribution in [-0.4, -0.2) is 23.2 Å². The van der Waals surface area contributed by atoms with E-state index < -0.39 is 9.05 Å². The molecule has 0 aliphatic heterocycles. The largest absolute Gasteiger partial charge is 0.300 e. The lowest BCUT2D eigenvalue weighted by Gasteiger charge is -2.04. The summed E-state index contributed by atoms with van der Waals surface area (Å²) in [5, 5.41) is 7.19. The van der Waals surface area contributed by atoms with Crippen LogP contribution in [0.4, 0.5) is 0 Å². The summed E-state index contributed by atoms with van der Waals surface area (Å²) >= 11 is 3.40. The Bertz CT molecular complexity index is 712. The molecule has 18 heavy (non-hydrogen) atoms. The second-order valence-corrected chi connectivity index (χ2v) is 7.08. The Labute approximate surface area is 117 Å². The number of rotatable bonds is 2. The molecular weight excluding hydrogens is 342 g/mol. The maximum Gasteiger partial charge on any atom is 0.296 e. The molecule has 0 aliphatic rings. The Morgan fingerprint density at radius 2 is 2.00 bits per heavy atom. The molecule has 0 radical (unpaired) electrons. The van der Waals surface area contributed by atoms with Crippen LogP contribution in [-0.2, 0) is 16.1 Å². The van der Waals surface area contributed by atoms with E-state index in [2.05, 4.69) is 26.1 Å². The Morgan fingerprint density at radius 1 is 1.33 bits per heavy atom. The minimum Gasteiger partial charge on any atom is -0.300 e. The SMILES string of the molecule is Cc1cc(-c2nnc(S(=O)(=O)Cl)n2C)ccc1Br. The van der Waals surface area contributed by atoms with Crippen LogP contribution in [0.25, 0.3) is 11.4 Å². The predicted octanol–water partition coefficient (Wildman–Crippen LogP) is 2.48. The number of hydrogen-bond donors (Lipinski definition) is 0. The fourth-order valence-electron chi connectivity index (χ4n) is 1.56. The molecule has 2 aromatic rings. The van der Waals surface area contributed by atoms with Gasteiger partial charge in [0.25, 0.3) is 14.2 Å². The summed E-state index contributed by atoms with van der Waals surface area (Å²) in [7, 11) is 2.93. The van der Waals surface area contributed by atoms with Crippen molar-refractivity contribution in [2.45, 2.75) is 12.1 Å². The first kappa shape index (κ1) is 13.5. The number of hydrogen-bond acceptors (Lipinski definition) is 4. The van der Waals surface area contributed by atoms with Crippen molar-refractivity contribution in [1.29, 1.82) is 0 Å². The van der Waals surface area contributed by atoms with E-state index in [1.165, 1.54) is 4.57 Å². The van der Waals surface area contributed by atoms with E-state index in [-0.39, 0.29) is 5.16 Å². The highest BCUT2D eigenvalue weighted by atomic mass is 79.9. The molecule has 0 amide bonds. The van der Waals surface area contributed by atoms with Gasteiger partial charge in [-0.15, -0.1) is 10.2 Å². The molecule has 0 aliphatic carbocycles. The first-order chi connectivity index (χ1) is 8.30. The van der Waals surface area contributed by atoms with Crippen LogP contribution in [0.15, 0.2) is 27.8 Å². The summed E-state index contributed by atoms with van der Waals surface area (Å²) in [4.78, 5) is 0. The van der Waals surface area contributed by atoms with Crippen molar-refractivity contribution in [3.8, 4) is 11.4 Å². The van der Waals surface area contributed by atoms with Crippen molar-refractivity contribution in [1.82, 2.24) is 14.8 Å². The highest BCUT2D eigenvalue weighted by molar-refractivity contribution is 9.10. The van der Waals surface area contributed by atoms with Gasteiger partial charge in [0.2, 0.25) is 0 Å². The molecule has 96 valence electrons. The molecule has 0 spiro atoms. The topological polar surface area (TPSA) is 64.8 Å². The zero-order valence-corrected chi connectivity index (χ0v) is 12.7. The van der Waals surface area contributed by atoms with Crippen molar-refractivity contribution < 1.29 is 8.42 Å². The van der Waals surface area contributed by atoms with E-state index >= 15 is 0 Å². The zero-order valence-electron chi connectivity index (χ0n) is 9.55. The molecule has 1 heterocycles. The lowest BCUT2D eigenvalue weighted by molar-refractivity contribution is 0.593. The standard InChI is InChI=1S/C10H9BrClN3O2S/c1-6-5-7(3-4-8(6)11)9-13-14-10(15(9)2)18(12,16)17/h3-5H,1-2H3. The fraction of sp³-hybridized carbons (Fsp3) is 0.200.